The zero-order chi connectivity index (χ0) is 17.7. The molecule has 4 nitrogen and oxygen atoms in total. The molecule has 0 saturated carbocycles. The Morgan fingerprint density at radius 1 is 1.30 bits per heavy atom. The Kier molecular flexibility index (Phi) is 5.91. The molecule has 7 heteroatoms. The lowest BCUT2D eigenvalue weighted by atomic mass is 10.1. The van der Waals surface area contributed by atoms with Crippen molar-refractivity contribution in [3.8, 4) is 11.8 Å². The van der Waals surface area contributed by atoms with Gasteiger partial charge in [0.15, 0.2) is 0 Å². The van der Waals surface area contributed by atoms with Crippen LogP contribution in [-0.4, -0.2) is 18.2 Å². The number of nitrogen functional groups attached to an aromatic ring is 1. The standard InChI is InChI=1S/C16H19F3N2O2/c1-15(2,3)23-14(22)21-10-5-4-7-11-12(16(17,18)19)8-6-9-13(11)20/h6,8-9H,5,10,20H2,1-3H3,(H,21,22). The first kappa shape index (κ1) is 18.7. The van der Waals surface area contributed by atoms with Gasteiger partial charge in [-0.25, -0.2) is 4.79 Å². The Labute approximate surface area is 133 Å². The normalized spacial score (nSPS) is 11.4. The van der Waals surface area contributed by atoms with Crippen LogP contribution in [0.4, 0.5) is 23.7 Å². The maximum Gasteiger partial charge on any atom is 0.417 e. The first-order valence-corrected chi connectivity index (χ1v) is 6.92. The molecular formula is C16H19F3N2O2. The van der Waals surface area contributed by atoms with E-state index in [2.05, 4.69) is 17.2 Å². The highest BCUT2D eigenvalue weighted by molar-refractivity contribution is 5.67. The molecule has 0 bridgehead atoms. The van der Waals surface area contributed by atoms with E-state index in [0.717, 1.165) is 6.07 Å². The van der Waals surface area contributed by atoms with Gasteiger partial charge in [-0.05, 0) is 32.9 Å². The van der Waals surface area contributed by atoms with Gasteiger partial charge >= 0.3 is 12.3 Å². The topological polar surface area (TPSA) is 64.3 Å². The molecule has 0 spiro atoms. The molecule has 0 radical (unpaired) electrons. The molecule has 1 aromatic rings. The summed E-state index contributed by atoms with van der Waals surface area (Å²) in [5.41, 5.74) is 3.79. The van der Waals surface area contributed by atoms with Crippen LogP contribution in [0.2, 0.25) is 0 Å². The van der Waals surface area contributed by atoms with E-state index in [1.54, 1.807) is 20.8 Å². The average molecular weight is 328 g/mol. The Balaban J connectivity index is 2.66. The van der Waals surface area contributed by atoms with E-state index in [9.17, 15) is 18.0 Å². The number of rotatable bonds is 2. The molecule has 0 aliphatic heterocycles. The molecule has 0 aliphatic rings. The fraction of sp³-hybridized carbons (Fsp3) is 0.438. The maximum atomic E-state index is 12.9. The van der Waals surface area contributed by atoms with Gasteiger partial charge in [0.05, 0.1) is 11.1 Å². The molecule has 3 N–H and O–H groups in total. The Bertz CT molecular complexity index is 623. The lowest BCUT2D eigenvalue weighted by molar-refractivity contribution is -0.137. The molecule has 0 heterocycles. The maximum absolute atomic E-state index is 12.9. The second kappa shape index (κ2) is 7.27. The van der Waals surface area contributed by atoms with Gasteiger partial charge in [-0.15, -0.1) is 0 Å². The summed E-state index contributed by atoms with van der Waals surface area (Å²) in [5, 5.41) is 2.47. The monoisotopic (exact) mass is 328 g/mol. The third-order valence-electron chi connectivity index (χ3n) is 2.53. The number of hydrogen-bond acceptors (Lipinski definition) is 3. The summed E-state index contributed by atoms with van der Waals surface area (Å²) >= 11 is 0. The Hall–Kier alpha value is -2.36. The predicted molar refractivity (Wildman–Crippen MR) is 81.6 cm³/mol. The van der Waals surface area contributed by atoms with Crippen molar-refractivity contribution in [1.82, 2.24) is 5.32 Å². The summed E-state index contributed by atoms with van der Waals surface area (Å²) < 4.78 is 43.6. The minimum Gasteiger partial charge on any atom is -0.444 e. The summed E-state index contributed by atoms with van der Waals surface area (Å²) in [6.45, 7) is 5.34. The van der Waals surface area contributed by atoms with Crippen LogP contribution in [0.5, 0.6) is 0 Å². The van der Waals surface area contributed by atoms with Crippen LogP contribution in [0.3, 0.4) is 0 Å². The second-order valence-corrected chi connectivity index (χ2v) is 5.75. The van der Waals surface area contributed by atoms with Crippen LogP contribution in [-0.2, 0) is 10.9 Å². The molecule has 23 heavy (non-hydrogen) atoms. The van der Waals surface area contributed by atoms with Gasteiger partial charge in [-0.3, -0.25) is 0 Å². The molecule has 0 fully saturated rings. The van der Waals surface area contributed by atoms with E-state index in [0.29, 0.717) is 0 Å². The average Bonchev–Trinajstić information content (AvgIpc) is 2.36. The van der Waals surface area contributed by atoms with Crippen molar-refractivity contribution in [3.63, 3.8) is 0 Å². The molecule has 1 aromatic carbocycles. The predicted octanol–water partition coefficient (Wildman–Crippen LogP) is 3.55. The van der Waals surface area contributed by atoms with Gasteiger partial charge in [0, 0.05) is 18.7 Å². The number of hydrogen-bond donors (Lipinski definition) is 2. The van der Waals surface area contributed by atoms with E-state index in [-0.39, 0.29) is 24.2 Å². The highest BCUT2D eigenvalue weighted by Gasteiger charge is 2.33. The van der Waals surface area contributed by atoms with Gasteiger partial charge in [0.25, 0.3) is 0 Å². The van der Waals surface area contributed by atoms with Crippen molar-refractivity contribution in [1.29, 1.82) is 0 Å². The van der Waals surface area contributed by atoms with Crippen molar-refractivity contribution in [2.45, 2.75) is 39.0 Å². The zero-order valence-corrected chi connectivity index (χ0v) is 13.2. The number of carbonyl (C=O) groups excluding carboxylic acids is 1. The number of carbonyl (C=O) groups is 1. The summed E-state index contributed by atoms with van der Waals surface area (Å²) in [6, 6.07) is 3.52. The quantitative estimate of drug-likeness (QED) is 0.496. The van der Waals surface area contributed by atoms with Crippen molar-refractivity contribution >= 4 is 11.8 Å². The lowest BCUT2D eigenvalue weighted by Crippen LogP contribution is -2.32. The minimum atomic E-state index is -4.52. The molecule has 1 amide bonds. The van der Waals surface area contributed by atoms with Crippen molar-refractivity contribution in [2.24, 2.45) is 0 Å². The molecule has 0 saturated heterocycles. The number of benzene rings is 1. The number of nitrogens with one attached hydrogen (secondary N) is 1. The van der Waals surface area contributed by atoms with E-state index < -0.39 is 23.4 Å². The van der Waals surface area contributed by atoms with Crippen molar-refractivity contribution in [3.05, 3.63) is 29.3 Å². The van der Waals surface area contributed by atoms with Crippen molar-refractivity contribution < 1.29 is 22.7 Å². The lowest BCUT2D eigenvalue weighted by Gasteiger charge is -2.19. The fourth-order valence-electron chi connectivity index (χ4n) is 1.64. The SMILES string of the molecule is CC(C)(C)OC(=O)NCCC#Cc1c(N)cccc1C(F)(F)F. The second-order valence-electron chi connectivity index (χ2n) is 5.75. The number of alkyl carbamates (subject to hydrolysis) is 1. The van der Waals surface area contributed by atoms with Gasteiger partial charge < -0.3 is 15.8 Å². The van der Waals surface area contributed by atoms with Crippen LogP contribution in [0.25, 0.3) is 0 Å². The summed E-state index contributed by atoms with van der Waals surface area (Å²) in [7, 11) is 0. The molecule has 0 unspecified atom stereocenters. The number of anilines is 1. The van der Waals surface area contributed by atoms with Gasteiger partial charge in [0.2, 0.25) is 0 Å². The smallest absolute Gasteiger partial charge is 0.417 e. The number of ether oxygens (including phenoxy) is 1. The van der Waals surface area contributed by atoms with Crippen LogP contribution in [0.1, 0.15) is 38.3 Å². The Morgan fingerprint density at radius 3 is 2.52 bits per heavy atom. The molecule has 0 aliphatic carbocycles. The van der Waals surface area contributed by atoms with Gasteiger partial charge in [0.1, 0.15) is 5.60 Å². The first-order valence-electron chi connectivity index (χ1n) is 6.92. The van der Waals surface area contributed by atoms with E-state index in [4.69, 9.17) is 10.5 Å². The van der Waals surface area contributed by atoms with Gasteiger partial charge in [-0.1, -0.05) is 17.9 Å². The number of amides is 1. The first-order chi connectivity index (χ1) is 10.5. The third kappa shape index (κ3) is 6.51. The summed E-state index contributed by atoms with van der Waals surface area (Å²) in [4.78, 5) is 11.4. The number of nitrogens with two attached hydrogens (primary N) is 1. The van der Waals surface area contributed by atoms with Crippen molar-refractivity contribution in [2.75, 3.05) is 12.3 Å². The minimum absolute atomic E-state index is 0.0348. The van der Waals surface area contributed by atoms with Crippen LogP contribution in [0, 0.1) is 11.8 Å². The summed E-state index contributed by atoms with van der Waals surface area (Å²) in [6.07, 6.45) is -4.95. The summed E-state index contributed by atoms with van der Waals surface area (Å²) in [5.74, 6) is 5.00. The van der Waals surface area contributed by atoms with E-state index >= 15 is 0 Å². The zero-order valence-electron chi connectivity index (χ0n) is 13.2. The number of halogens is 3. The van der Waals surface area contributed by atoms with E-state index in [1.807, 2.05) is 0 Å². The van der Waals surface area contributed by atoms with Crippen LogP contribution >= 0.6 is 0 Å². The van der Waals surface area contributed by atoms with E-state index in [1.165, 1.54) is 12.1 Å². The highest BCUT2D eigenvalue weighted by Crippen LogP contribution is 2.33. The molecule has 126 valence electrons. The molecule has 0 atom stereocenters. The van der Waals surface area contributed by atoms with Crippen LogP contribution in [0.15, 0.2) is 18.2 Å². The molecule has 0 aromatic heterocycles. The molecular weight excluding hydrogens is 309 g/mol. The number of alkyl halides is 3. The molecule has 1 rings (SSSR count). The Morgan fingerprint density at radius 2 is 1.96 bits per heavy atom. The third-order valence-corrected chi connectivity index (χ3v) is 2.53. The highest BCUT2D eigenvalue weighted by atomic mass is 19.4. The fourth-order valence-corrected chi connectivity index (χ4v) is 1.64. The van der Waals surface area contributed by atoms with Crippen LogP contribution < -0.4 is 11.1 Å². The largest absolute Gasteiger partial charge is 0.444 e. The van der Waals surface area contributed by atoms with Gasteiger partial charge in [-0.2, -0.15) is 13.2 Å².